The van der Waals surface area contributed by atoms with E-state index in [0.717, 1.165) is 37.6 Å². The van der Waals surface area contributed by atoms with Crippen LogP contribution >= 0.6 is 24.0 Å². The maximum Gasteiger partial charge on any atom is 0.259 e. The van der Waals surface area contributed by atoms with Gasteiger partial charge in [-0.15, -0.1) is 24.0 Å². The van der Waals surface area contributed by atoms with E-state index in [9.17, 15) is 4.79 Å². The van der Waals surface area contributed by atoms with Gasteiger partial charge in [-0.05, 0) is 37.0 Å². The molecule has 9 heteroatoms. The minimum absolute atomic E-state index is 0. The van der Waals surface area contributed by atoms with Crippen LogP contribution in [-0.2, 0) is 11.3 Å². The number of likely N-dealkylation sites (N-methyl/N-ethyl adjacent to an activating group) is 1. The minimum Gasteiger partial charge on any atom is -0.484 e. The third kappa shape index (κ3) is 7.11. The molecule has 1 saturated heterocycles. The lowest BCUT2D eigenvalue weighted by Gasteiger charge is -2.39. The molecule has 32 heavy (non-hydrogen) atoms. The van der Waals surface area contributed by atoms with Crippen LogP contribution in [0.2, 0.25) is 0 Å². The number of halogens is 1. The molecule has 3 rings (SSSR count). The third-order valence-electron chi connectivity index (χ3n) is 5.63. The molecule has 1 amide bonds. The Labute approximate surface area is 208 Å². The van der Waals surface area contributed by atoms with E-state index in [1.54, 1.807) is 14.1 Å². The molecule has 1 aliphatic heterocycles. The lowest BCUT2D eigenvalue weighted by Crippen LogP contribution is -2.49. The van der Waals surface area contributed by atoms with Gasteiger partial charge in [0.25, 0.3) is 5.91 Å². The van der Waals surface area contributed by atoms with Crippen molar-refractivity contribution in [3.8, 4) is 5.75 Å². The fourth-order valence-corrected chi connectivity index (χ4v) is 3.69. The number of nitrogens with one attached hydrogen (secondary N) is 1. The Bertz CT molecular complexity index is 871. The standard InChI is InChI=1S/C23H34N6O2.HI/c1-5-25-23(28-11-9-18(2)21(15-28)29-12-10-24-17-29)26-14-19-7-6-8-20(13-19)31-16-22(30)27(3)4;/h6-8,10,12-13,17-18,21H,5,9,11,14-16H2,1-4H3,(H,25,26);1H. The average Bonchev–Trinajstić information content (AvgIpc) is 3.30. The summed E-state index contributed by atoms with van der Waals surface area (Å²) in [7, 11) is 3.44. The number of imidazole rings is 1. The largest absolute Gasteiger partial charge is 0.484 e. The zero-order valence-electron chi connectivity index (χ0n) is 19.4. The summed E-state index contributed by atoms with van der Waals surface area (Å²) >= 11 is 0. The fraction of sp³-hybridized carbons (Fsp3) is 0.522. The molecule has 0 radical (unpaired) electrons. The smallest absolute Gasteiger partial charge is 0.259 e. The summed E-state index contributed by atoms with van der Waals surface area (Å²) in [6, 6.07) is 8.16. The van der Waals surface area contributed by atoms with Crippen molar-refractivity contribution in [1.29, 1.82) is 0 Å². The van der Waals surface area contributed by atoms with Gasteiger partial charge in [0.2, 0.25) is 0 Å². The molecule has 2 atom stereocenters. The fourth-order valence-electron chi connectivity index (χ4n) is 3.69. The monoisotopic (exact) mass is 554 g/mol. The van der Waals surface area contributed by atoms with E-state index in [4.69, 9.17) is 9.73 Å². The Morgan fingerprint density at radius 1 is 1.38 bits per heavy atom. The maximum atomic E-state index is 11.8. The first kappa shape index (κ1) is 26.0. The molecule has 0 aliphatic carbocycles. The Hall–Kier alpha value is -2.30. The number of guanidine groups is 1. The van der Waals surface area contributed by atoms with E-state index in [2.05, 4.69) is 33.6 Å². The molecule has 0 bridgehead atoms. The normalized spacial score (nSPS) is 18.6. The van der Waals surface area contributed by atoms with Crippen LogP contribution in [0, 0.1) is 5.92 Å². The number of hydrogen-bond donors (Lipinski definition) is 1. The first-order valence-electron chi connectivity index (χ1n) is 10.9. The van der Waals surface area contributed by atoms with Gasteiger partial charge in [-0.1, -0.05) is 19.1 Å². The second-order valence-electron chi connectivity index (χ2n) is 8.18. The van der Waals surface area contributed by atoms with Gasteiger partial charge >= 0.3 is 0 Å². The van der Waals surface area contributed by atoms with Gasteiger partial charge in [0.1, 0.15) is 5.75 Å². The van der Waals surface area contributed by atoms with Crippen LogP contribution in [0.15, 0.2) is 48.0 Å². The number of benzene rings is 1. The zero-order chi connectivity index (χ0) is 22.2. The summed E-state index contributed by atoms with van der Waals surface area (Å²) in [5.74, 6) is 2.13. The number of aliphatic imine (C=N–C) groups is 1. The van der Waals surface area contributed by atoms with Gasteiger partial charge in [0.15, 0.2) is 12.6 Å². The van der Waals surface area contributed by atoms with Crippen LogP contribution in [0.3, 0.4) is 0 Å². The zero-order valence-corrected chi connectivity index (χ0v) is 21.7. The molecule has 8 nitrogen and oxygen atoms in total. The van der Waals surface area contributed by atoms with E-state index in [1.807, 2.05) is 43.0 Å². The van der Waals surface area contributed by atoms with Crippen molar-refractivity contribution in [2.45, 2.75) is 32.9 Å². The predicted octanol–water partition coefficient (Wildman–Crippen LogP) is 3.02. The van der Waals surface area contributed by atoms with Gasteiger partial charge in [-0.2, -0.15) is 0 Å². The summed E-state index contributed by atoms with van der Waals surface area (Å²) in [5, 5.41) is 3.44. The summed E-state index contributed by atoms with van der Waals surface area (Å²) in [4.78, 5) is 24.7. The van der Waals surface area contributed by atoms with Crippen molar-refractivity contribution in [3.05, 3.63) is 48.5 Å². The summed E-state index contributed by atoms with van der Waals surface area (Å²) in [6.07, 6.45) is 6.89. The third-order valence-corrected chi connectivity index (χ3v) is 5.63. The number of carbonyl (C=O) groups is 1. The van der Waals surface area contributed by atoms with Crippen LogP contribution < -0.4 is 10.1 Å². The maximum absolute atomic E-state index is 11.8. The summed E-state index contributed by atoms with van der Waals surface area (Å²) < 4.78 is 7.84. The van der Waals surface area contributed by atoms with Crippen molar-refractivity contribution < 1.29 is 9.53 Å². The van der Waals surface area contributed by atoms with E-state index in [0.29, 0.717) is 24.3 Å². The lowest BCUT2D eigenvalue weighted by molar-refractivity contribution is -0.130. The molecule has 0 saturated carbocycles. The van der Waals surface area contributed by atoms with Gasteiger partial charge in [-0.25, -0.2) is 9.98 Å². The molecule has 176 valence electrons. The predicted molar refractivity (Wildman–Crippen MR) is 137 cm³/mol. The molecule has 1 aliphatic rings. The molecule has 1 N–H and O–H groups in total. The van der Waals surface area contributed by atoms with Gasteiger partial charge < -0.3 is 24.4 Å². The second kappa shape index (κ2) is 12.7. The number of ether oxygens (including phenoxy) is 1. The van der Waals surface area contributed by atoms with Crippen LogP contribution in [0.4, 0.5) is 0 Å². The Kier molecular flexibility index (Phi) is 10.3. The molecular weight excluding hydrogens is 519 g/mol. The van der Waals surface area contributed by atoms with E-state index in [1.165, 1.54) is 4.90 Å². The number of rotatable bonds is 7. The van der Waals surface area contributed by atoms with Crippen molar-refractivity contribution in [3.63, 3.8) is 0 Å². The van der Waals surface area contributed by atoms with Crippen molar-refractivity contribution in [2.75, 3.05) is 40.3 Å². The van der Waals surface area contributed by atoms with Crippen LogP contribution in [-0.4, -0.2) is 71.6 Å². The van der Waals surface area contributed by atoms with Gasteiger partial charge in [0, 0.05) is 46.1 Å². The summed E-state index contributed by atoms with van der Waals surface area (Å²) in [5.41, 5.74) is 1.04. The molecule has 2 heterocycles. The molecule has 1 aromatic carbocycles. The number of carbonyl (C=O) groups excluding carboxylic acids is 1. The molecule has 2 aromatic rings. The highest BCUT2D eigenvalue weighted by atomic mass is 127. The van der Waals surface area contributed by atoms with Crippen molar-refractivity contribution in [2.24, 2.45) is 10.9 Å². The molecule has 0 spiro atoms. The van der Waals surface area contributed by atoms with Crippen LogP contribution in [0.5, 0.6) is 5.75 Å². The first-order chi connectivity index (χ1) is 15.0. The SMILES string of the molecule is CCNC(=NCc1cccc(OCC(=O)N(C)C)c1)N1CCC(C)C(n2ccnc2)C1.I. The van der Waals surface area contributed by atoms with Crippen molar-refractivity contribution in [1.82, 2.24) is 24.7 Å². The number of nitrogens with zero attached hydrogens (tertiary/aromatic N) is 5. The second-order valence-corrected chi connectivity index (χ2v) is 8.18. The molecular formula is C23H35IN6O2. The highest BCUT2D eigenvalue weighted by Gasteiger charge is 2.28. The number of likely N-dealkylation sites (tertiary alicyclic amines) is 1. The number of hydrogen-bond acceptors (Lipinski definition) is 4. The summed E-state index contributed by atoms with van der Waals surface area (Å²) in [6.45, 7) is 7.67. The van der Waals surface area contributed by atoms with E-state index < -0.39 is 0 Å². The van der Waals surface area contributed by atoms with E-state index >= 15 is 0 Å². The quantitative estimate of drug-likeness (QED) is 0.324. The highest BCUT2D eigenvalue weighted by Crippen LogP contribution is 2.27. The number of aromatic nitrogens is 2. The van der Waals surface area contributed by atoms with Gasteiger partial charge in [0.05, 0.1) is 18.9 Å². The Balaban J connectivity index is 0.00000363. The minimum atomic E-state index is -0.0652. The molecule has 1 aromatic heterocycles. The number of piperidine rings is 1. The van der Waals surface area contributed by atoms with Crippen LogP contribution in [0.25, 0.3) is 0 Å². The molecule has 1 fully saturated rings. The molecule has 2 unspecified atom stereocenters. The Morgan fingerprint density at radius 3 is 2.88 bits per heavy atom. The highest BCUT2D eigenvalue weighted by molar-refractivity contribution is 14.0. The topological polar surface area (TPSA) is 75.0 Å². The first-order valence-corrected chi connectivity index (χ1v) is 10.9. The van der Waals surface area contributed by atoms with Crippen molar-refractivity contribution >= 4 is 35.8 Å². The number of amides is 1. The lowest BCUT2D eigenvalue weighted by atomic mass is 9.93. The van der Waals surface area contributed by atoms with E-state index in [-0.39, 0.29) is 36.5 Å². The van der Waals surface area contributed by atoms with Gasteiger partial charge in [-0.3, -0.25) is 4.79 Å². The Morgan fingerprint density at radius 2 is 2.19 bits per heavy atom. The van der Waals surface area contributed by atoms with Crippen LogP contribution in [0.1, 0.15) is 31.9 Å². The average molecular weight is 554 g/mol.